The molecule has 0 heterocycles. The average Bonchev–Trinajstić information content (AvgIpc) is 3.06. The summed E-state index contributed by atoms with van der Waals surface area (Å²) in [5.74, 6) is 2.42. The molecule has 0 saturated heterocycles. The molecule has 1 N–H and O–H groups in total. The van der Waals surface area contributed by atoms with Gasteiger partial charge in [-0.25, -0.2) is 0 Å². The lowest BCUT2D eigenvalue weighted by atomic mass is 9.74. The highest BCUT2D eigenvalue weighted by Crippen LogP contribution is 2.34. The molecule has 2 aliphatic rings. The van der Waals surface area contributed by atoms with Crippen LogP contribution >= 0.6 is 0 Å². The predicted octanol–water partition coefficient (Wildman–Crippen LogP) is 2.77. The van der Waals surface area contributed by atoms with E-state index >= 15 is 0 Å². The monoisotopic (exact) mass is 223 g/mol. The third-order valence-electron chi connectivity index (χ3n) is 4.44. The lowest BCUT2D eigenvalue weighted by Gasteiger charge is -2.31. The van der Waals surface area contributed by atoms with E-state index in [1.165, 1.54) is 19.3 Å². The third-order valence-corrected chi connectivity index (χ3v) is 4.44. The van der Waals surface area contributed by atoms with Crippen molar-refractivity contribution in [2.45, 2.75) is 58.4 Å². The van der Waals surface area contributed by atoms with E-state index in [2.05, 4.69) is 19.2 Å². The quantitative estimate of drug-likeness (QED) is 0.776. The zero-order valence-electron chi connectivity index (χ0n) is 10.7. The van der Waals surface area contributed by atoms with Gasteiger partial charge in [-0.2, -0.15) is 0 Å². The highest BCUT2D eigenvalue weighted by atomic mass is 16.1. The minimum absolute atomic E-state index is 0.368. The fourth-order valence-electron chi connectivity index (χ4n) is 2.73. The van der Waals surface area contributed by atoms with Crippen LogP contribution in [-0.4, -0.2) is 18.4 Å². The summed E-state index contributed by atoms with van der Waals surface area (Å²) in [6.07, 6.45) is 6.88. The van der Waals surface area contributed by atoms with E-state index in [1.54, 1.807) is 0 Å². The average molecular weight is 223 g/mol. The van der Waals surface area contributed by atoms with Crippen molar-refractivity contribution in [2.75, 3.05) is 6.54 Å². The van der Waals surface area contributed by atoms with Gasteiger partial charge in [0.1, 0.15) is 5.78 Å². The van der Waals surface area contributed by atoms with E-state index in [0.717, 1.165) is 43.7 Å². The zero-order valence-corrected chi connectivity index (χ0v) is 10.7. The molecule has 0 aromatic heterocycles. The third kappa shape index (κ3) is 3.31. The van der Waals surface area contributed by atoms with Crippen molar-refractivity contribution in [3.8, 4) is 0 Å². The van der Waals surface area contributed by atoms with Crippen LogP contribution < -0.4 is 5.32 Å². The van der Waals surface area contributed by atoms with Crippen molar-refractivity contribution in [3.63, 3.8) is 0 Å². The van der Waals surface area contributed by atoms with Crippen molar-refractivity contribution in [1.82, 2.24) is 5.32 Å². The summed E-state index contributed by atoms with van der Waals surface area (Å²) in [5, 5.41) is 3.43. The maximum atomic E-state index is 12.0. The molecule has 0 amide bonds. The molecule has 0 bridgehead atoms. The molecule has 2 heteroatoms. The van der Waals surface area contributed by atoms with Gasteiger partial charge >= 0.3 is 0 Å². The van der Waals surface area contributed by atoms with Gasteiger partial charge in [-0.05, 0) is 43.9 Å². The number of carbonyl (C=O) groups excluding carboxylic acids is 1. The Morgan fingerprint density at radius 2 is 1.88 bits per heavy atom. The van der Waals surface area contributed by atoms with Gasteiger partial charge in [-0.1, -0.05) is 13.8 Å². The molecule has 0 radical (unpaired) electrons. The Bertz CT molecular complexity index is 247. The molecule has 3 unspecified atom stereocenters. The van der Waals surface area contributed by atoms with E-state index in [4.69, 9.17) is 0 Å². The Morgan fingerprint density at radius 1 is 1.12 bits per heavy atom. The van der Waals surface area contributed by atoms with Gasteiger partial charge in [0.15, 0.2) is 0 Å². The zero-order chi connectivity index (χ0) is 11.5. The summed E-state index contributed by atoms with van der Waals surface area (Å²) >= 11 is 0. The SMILES string of the molecule is CC1CCC(C(=O)CCNC2CC2)CC1C. The van der Waals surface area contributed by atoms with Crippen molar-refractivity contribution in [1.29, 1.82) is 0 Å². The largest absolute Gasteiger partial charge is 0.314 e. The molecular weight excluding hydrogens is 198 g/mol. The minimum Gasteiger partial charge on any atom is -0.314 e. The van der Waals surface area contributed by atoms with Crippen LogP contribution in [0.1, 0.15) is 52.4 Å². The number of hydrogen-bond acceptors (Lipinski definition) is 2. The topological polar surface area (TPSA) is 29.1 Å². The highest BCUT2D eigenvalue weighted by Gasteiger charge is 2.29. The Morgan fingerprint density at radius 3 is 2.50 bits per heavy atom. The normalized spacial score (nSPS) is 35.0. The van der Waals surface area contributed by atoms with Gasteiger partial charge in [-0.3, -0.25) is 4.79 Å². The van der Waals surface area contributed by atoms with Crippen LogP contribution in [0.4, 0.5) is 0 Å². The van der Waals surface area contributed by atoms with Gasteiger partial charge in [0.2, 0.25) is 0 Å². The van der Waals surface area contributed by atoms with Crippen LogP contribution in [0.15, 0.2) is 0 Å². The summed E-state index contributed by atoms with van der Waals surface area (Å²) < 4.78 is 0. The number of ketones is 1. The lowest BCUT2D eigenvalue weighted by Crippen LogP contribution is -2.29. The highest BCUT2D eigenvalue weighted by molar-refractivity contribution is 5.81. The summed E-state index contributed by atoms with van der Waals surface area (Å²) in [7, 11) is 0. The van der Waals surface area contributed by atoms with Crippen LogP contribution in [-0.2, 0) is 4.79 Å². The molecule has 2 nitrogen and oxygen atoms in total. The Balaban J connectivity index is 1.67. The first-order valence-corrected chi connectivity index (χ1v) is 6.93. The first kappa shape index (κ1) is 12.1. The standard InChI is InChI=1S/C14H25NO/c1-10-3-4-12(9-11(10)2)14(16)7-8-15-13-5-6-13/h10-13,15H,3-9H2,1-2H3. The lowest BCUT2D eigenvalue weighted by molar-refractivity contribution is -0.124. The van der Waals surface area contributed by atoms with Crippen LogP contribution in [0.2, 0.25) is 0 Å². The van der Waals surface area contributed by atoms with Gasteiger partial charge < -0.3 is 5.32 Å². The molecule has 16 heavy (non-hydrogen) atoms. The van der Waals surface area contributed by atoms with Gasteiger partial charge in [0.05, 0.1) is 0 Å². The van der Waals surface area contributed by atoms with Crippen LogP contribution in [0.25, 0.3) is 0 Å². The molecular formula is C14H25NO. The van der Waals surface area contributed by atoms with Crippen LogP contribution in [0, 0.1) is 17.8 Å². The number of rotatable bonds is 5. The smallest absolute Gasteiger partial charge is 0.137 e. The molecule has 0 spiro atoms. The number of Topliss-reactive ketones (excluding diaryl/α,β-unsaturated/α-hetero) is 1. The van der Waals surface area contributed by atoms with E-state index in [1.807, 2.05) is 0 Å². The van der Waals surface area contributed by atoms with Crippen LogP contribution in [0.3, 0.4) is 0 Å². The second kappa shape index (κ2) is 5.31. The van der Waals surface area contributed by atoms with Crippen LogP contribution in [0.5, 0.6) is 0 Å². The maximum absolute atomic E-state index is 12.0. The van der Waals surface area contributed by atoms with Gasteiger partial charge in [-0.15, -0.1) is 0 Å². The Labute approximate surface area is 99.2 Å². The second-order valence-corrected chi connectivity index (χ2v) is 5.91. The van der Waals surface area contributed by atoms with Crippen molar-refractivity contribution < 1.29 is 4.79 Å². The van der Waals surface area contributed by atoms with E-state index in [-0.39, 0.29) is 0 Å². The fourth-order valence-corrected chi connectivity index (χ4v) is 2.73. The Kier molecular flexibility index (Phi) is 4.01. The van der Waals surface area contributed by atoms with E-state index in [9.17, 15) is 4.79 Å². The van der Waals surface area contributed by atoms with Crippen molar-refractivity contribution in [3.05, 3.63) is 0 Å². The Hall–Kier alpha value is -0.370. The first-order chi connectivity index (χ1) is 7.66. The second-order valence-electron chi connectivity index (χ2n) is 5.91. The molecule has 0 aliphatic heterocycles. The molecule has 0 aromatic rings. The molecule has 2 aliphatic carbocycles. The molecule has 2 fully saturated rings. The summed E-state index contributed by atoms with van der Waals surface area (Å²) in [5.41, 5.74) is 0. The van der Waals surface area contributed by atoms with Crippen molar-refractivity contribution >= 4 is 5.78 Å². The fraction of sp³-hybridized carbons (Fsp3) is 0.929. The van der Waals surface area contributed by atoms with Gasteiger partial charge in [0, 0.05) is 24.9 Å². The van der Waals surface area contributed by atoms with E-state index < -0.39 is 0 Å². The number of nitrogens with one attached hydrogen (secondary N) is 1. The minimum atomic E-state index is 0.368. The number of carbonyl (C=O) groups is 1. The first-order valence-electron chi connectivity index (χ1n) is 6.93. The molecule has 0 aromatic carbocycles. The summed E-state index contributed by atoms with van der Waals surface area (Å²) in [6.45, 7) is 5.52. The van der Waals surface area contributed by atoms with Gasteiger partial charge in [0.25, 0.3) is 0 Å². The number of hydrogen-bond donors (Lipinski definition) is 1. The summed E-state index contributed by atoms with van der Waals surface area (Å²) in [6, 6.07) is 0.734. The summed E-state index contributed by atoms with van der Waals surface area (Å²) in [4.78, 5) is 12.0. The van der Waals surface area contributed by atoms with E-state index in [0.29, 0.717) is 11.7 Å². The predicted molar refractivity (Wildman–Crippen MR) is 66.3 cm³/mol. The molecule has 3 atom stereocenters. The van der Waals surface area contributed by atoms with Crippen molar-refractivity contribution in [2.24, 2.45) is 17.8 Å². The molecule has 92 valence electrons. The molecule has 2 saturated carbocycles. The maximum Gasteiger partial charge on any atom is 0.137 e. The molecule has 2 rings (SSSR count).